The molecule has 3 unspecified atom stereocenters. The number of nitrogens with zero attached hydrogens (tertiary/aromatic N) is 2. The molecule has 3 atom stereocenters. The molecule has 1 N–H and O–H groups in total. The number of hydrogen-bond acceptors (Lipinski definition) is 5. The molecular formula is C14H21N3O2. The lowest BCUT2D eigenvalue weighted by molar-refractivity contribution is 0.0586. The van der Waals surface area contributed by atoms with Gasteiger partial charge in [-0.15, -0.1) is 0 Å². The molecule has 0 spiro atoms. The summed E-state index contributed by atoms with van der Waals surface area (Å²) in [4.78, 5) is 19.8. The summed E-state index contributed by atoms with van der Waals surface area (Å²) in [6.07, 6.45) is 2.37. The molecule has 1 aromatic heterocycles. The maximum Gasteiger partial charge on any atom is 0.376 e. The molecule has 104 valence electrons. The van der Waals surface area contributed by atoms with Crippen molar-refractivity contribution in [1.29, 1.82) is 0 Å². The highest BCUT2D eigenvalue weighted by atomic mass is 16.5. The van der Waals surface area contributed by atoms with Crippen LogP contribution in [-0.2, 0) is 4.74 Å². The van der Waals surface area contributed by atoms with E-state index in [2.05, 4.69) is 33.9 Å². The second-order valence-corrected chi connectivity index (χ2v) is 5.37. The highest BCUT2D eigenvalue weighted by Gasteiger charge is 2.30. The minimum Gasteiger partial charge on any atom is -0.463 e. The third-order valence-electron chi connectivity index (χ3n) is 4.02. The number of carbonyl (C=O) groups is 1. The maximum atomic E-state index is 11.5. The van der Waals surface area contributed by atoms with E-state index >= 15 is 0 Å². The van der Waals surface area contributed by atoms with Crippen LogP contribution in [0.1, 0.15) is 43.0 Å². The molecule has 0 aliphatic heterocycles. The first-order valence-corrected chi connectivity index (χ1v) is 6.71. The van der Waals surface area contributed by atoms with Crippen molar-refractivity contribution in [2.45, 2.75) is 39.7 Å². The molecular weight excluding hydrogens is 242 g/mol. The highest BCUT2D eigenvalue weighted by Crippen LogP contribution is 2.32. The van der Waals surface area contributed by atoms with E-state index in [9.17, 15) is 4.79 Å². The molecule has 1 fully saturated rings. The Hall–Kier alpha value is -1.65. The Labute approximate surface area is 113 Å². The summed E-state index contributed by atoms with van der Waals surface area (Å²) in [7, 11) is 1.34. The number of aryl methyl sites for hydroxylation is 1. The number of carbonyl (C=O) groups excluding carboxylic acids is 1. The standard InChI is InChI=1S/C14H21N3O2/c1-8-5-6-11(10(8)3)16-12-7-9(2)15-13(17-12)14(18)19-4/h7-8,10-11H,5-6H2,1-4H3,(H,15,16,17). The predicted molar refractivity (Wildman–Crippen MR) is 73.1 cm³/mol. The summed E-state index contributed by atoms with van der Waals surface area (Å²) < 4.78 is 4.66. The van der Waals surface area contributed by atoms with E-state index in [0.29, 0.717) is 17.8 Å². The first-order chi connectivity index (χ1) is 9.01. The molecule has 0 amide bonds. The van der Waals surface area contributed by atoms with Gasteiger partial charge in [-0.2, -0.15) is 0 Å². The van der Waals surface area contributed by atoms with Crippen LogP contribution in [-0.4, -0.2) is 29.1 Å². The number of aromatic nitrogens is 2. The van der Waals surface area contributed by atoms with Gasteiger partial charge >= 0.3 is 5.97 Å². The summed E-state index contributed by atoms with van der Waals surface area (Å²) in [5.74, 6) is 1.65. The average molecular weight is 263 g/mol. The van der Waals surface area contributed by atoms with Crippen LogP contribution in [0.15, 0.2) is 6.07 Å². The summed E-state index contributed by atoms with van der Waals surface area (Å²) in [6.45, 7) is 6.38. The zero-order valence-electron chi connectivity index (χ0n) is 11.9. The van der Waals surface area contributed by atoms with Gasteiger partial charge in [-0.25, -0.2) is 14.8 Å². The van der Waals surface area contributed by atoms with Gasteiger partial charge in [0.05, 0.1) is 7.11 Å². The summed E-state index contributed by atoms with van der Waals surface area (Å²) >= 11 is 0. The second-order valence-electron chi connectivity index (χ2n) is 5.37. The quantitative estimate of drug-likeness (QED) is 0.848. The monoisotopic (exact) mass is 263 g/mol. The molecule has 2 rings (SSSR count). The number of rotatable bonds is 3. The van der Waals surface area contributed by atoms with E-state index in [1.54, 1.807) is 0 Å². The van der Waals surface area contributed by atoms with Gasteiger partial charge in [0, 0.05) is 17.8 Å². The van der Waals surface area contributed by atoms with Gasteiger partial charge in [-0.1, -0.05) is 13.8 Å². The zero-order chi connectivity index (χ0) is 14.0. The molecule has 5 heteroatoms. The third kappa shape index (κ3) is 3.03. The van der Waals surface area contributed by atoms with Crippen LogP contribution < -0.4 is 5.32 Å². The minimum atomic E-state index is -0.500. The van der Waals surface area contributed by atoms with Crippen molar-refractivity contribution >= 4 is 11.8 Å². The van der Waals surface area contributed by atoms with Crippen molar-refractivity contribution < 1.29 is 9.53 Å². The number of hydrogen-bond donors (Lipinski definition) is 1. The van der Waals surface area contributed by atoms with Crippen LogP contribution in [0, 0.1) is 18.8 Å². The zero-order valence-corrected chi connectivity index (χ0v) is 11.9. The molecule has 0 bridgehead atoms. The Balaban J connectivity index is 2.16. The molecule has 5 nitrogen and oxygen atoms in total. The first-order valence-electron chi connectivity index (χ1n) is 6.71. The van der Waals surface area contributed by atoms with Crippen molar-refractivity contribution in [3.63, 3.8) is 0 Å². The van der Waals surface area contributed by atoms with Crippen molar-refractivity contribution in [1.82, 2.24) is 9.97 Å². The van der Waals surface area contributed by atoms with E-state index in [1.807, 2.05) is 13.0 Å². The van der Waals surface area contributed by atoms with Gasteiger partial charge in [0.2, 0.25) is 5.82 Å². The molecule has 1 aliphatic rings. The van der Waals surface area contributed by atoms with Crippen LogP contribution in [0.25, 0.3) is 0 Å². The van der Waals surface area contributed by atoms with Crippen molar-refractivity contribution in [3.05, 3.63) is 17.6 Å². The molecule has 0 radical (unpaired) electrons. The van der Waals surface area contributed by atoms with Crippen LogP contribution in [0.5, 0.6) is 0 Å². The van der Waals surface area contributed by atoms with Gasteiger partial charge in [-0.05, 0) is 31.6 Å². The Morgan fingerprint density at radius 2 is 2.11 bits per heavy atom. The van der Waals surface area contributed by atoms with Crippen LogP contribution in [0.4, 0.5) is 5.82 Å². The smallest absolute Gasteiger partial charge is 0.376 e. The van der Waals surface area contributed by atoms with Gasteiger partial charge in [0.1, 0.15) is 5.82 Å². The van der Waals surface area contributed by atoms with E-state index in [4.69, 9.17) is 0 Å². The molecule has 19 heavy (non-hydrogen) atoms. The summed E-state index contributed by atoms with van der Waals surface area (Å²) in [6, 6.07) is 2.28. The fourth-order valence-corrected chi connectivity index (χ4v) is 2.58. The van der Waals surface area contributed by atoms with Crippen LogP contribution in [0.3, 0.4) is 0 Å². The summed E-state index contributed by atoms with van der Waals surface area (Å²) in [5.41, 5.74) is 0.761. The van der Waals surface area contributed by atoms with Crippen molar-refractivity contribution in [2.75, 3.05) is 12.4 Å². The Morgan fingerprint density at radius 3 is 2.68 bits per heavy atom. The van der Waals surface area contributed by atoms with Gasteiger partial charge in [0.15, 0.2) is 0 Å². The topological polar surface area (TPSA) is 64.1 Å². The van der Waals surface area contributed by atoms with Gasteiger partial charge in [-0.3, -0.25) is 0 Å². The Kier molecular flexibility index (Phi) is 4.02. The molecule has 1 saturated carbocycles. The molecule has 0 aromatic carbocycles. The largest absolute Gasteiger partial charge is 0.463 e. The number of nitrogens with one attached hydrogen (secondary N) is 1. The first kappa shape index (κ1) is 13.8. The molecule has 1 heterocycles. The lowest BCUT2D eigenvalue weighted by Gasteiger charge is -2.20. The predicted octanol–water partition coefficient (Wildman–Crippen LogP) is 2.42. The van der Waals surface area contributed by atoms with E-state index in [1.165, 1.54) is 13.5 Å². The van der Waals surface area contributed by atoms with Crippen molar-refractivity contribution in [3.8, 4) is 0 Å². The molecule has 0 saturated heterocycles. The minimum absolute atomic E-state index is 0.115. The van der Waals surface area contributed by atoms with Crippen LogP contribution >= 0.6 is 0 Å². The highest BCUT2D eigenvalue weighted by molar-refractivity contribution is 5.85. The van der Waals surface area contributed by atoms with E-state index in [0.717, 1.165) is 18.0 Å². The molecule has 1 aliphatic carbocycles. The van der Waals surface area contributed by atoms with Crippen LogP contribution in [0.2, 0.25) is 0 Å². The van der Waals surface area contributed by atoms with Gasteiger partial charge < -0.3 is 10.1 Å². The third-order valence-corrected chi connectivity index (χ3v) is 4.02. The Morgan fingerprint density at radius 1 is 1.37 bits per heavy atom. The normalized spacial score (nSPS) is 26.2. The van der Waals surface area contributed by atoms with E-state index in [-0.39, 0.29) is 5.82 Å². The number of methoxy groups -OCH3 is 1. The Bertz CT molecular complexity index is 476. The summed E-state index contributed by atoms with van der Waals surface area (Å²) in [5, 5.41) is 3.42. The van der Waals surface area contributed by atoms with Crippen molar-refractivity contribution in [2.24, 2.45) is 11.8 Å². The van der Waals surface area contributed by atoms with Gasteiger partial charge in [0.25, 0.3) is 0 Å². The number of esters is 1. The number of ether oxygens (including phenoxy) is 1. The second kappa shape index (κ2) is 5.55. The fraction of sp³-hybridized carbons (Fsp3) is 0.643. The number of anilines is 1. The lowest BCUT2D eigenvalue weighted by Crippen LogP contribution is -2.25. The average Bonchev–Trinajstić information content (AvgIpc) is 2.69. The SMILES string of the molecule is COC(=O)c1nc(C)cc(NC2CCC(C)C2C)n1. The molecule has 1 aromatic rings. The fourth-order valence-electron chi connectivity index (χ4n) is 2.58. The maximum absolute atomic E-state index is 11.5. The lowest BCUT2D eigenvalue weighted by atomic mass is 9.98. The van der Waals surface area contributed by atoms with E-state index < -0.39 is 5.97 Å².